The summed E-state index contributed by atoms with van der Waals surface area (Å²) in [5.41, 5.74) is 2.56. The summed E-state index contributed by atoms with van der Waals surface area (Å²) in [6.07, 6.45) is 5.89. The van der Waals surface area contributed by atoms with Crippen molar-refractivity contribution in [3.05, 3.63) is 64.5 Å². The number of nitro groups is 1. The maximum Gasteiger partial charge on any atom is 0.269 e. The lowest BCUT2D eigenvalue weighted by molar-refractivity contribution is -0.384. The number of benzene rings is 1. The fourth-order valence-electron chi connectivity index (χ4n) is 2.89. The number of aromatic nitrogens is 1. The van der Waals surface area contributed by atoms with Gasteiger partial charge in [-0.25, -0.2) is 0 Å². The monoisotopic (exact) mass is 283 g/mol. The highest BCUT2D eigenvalue weighted by Gasteiger charge is 2.21. The van der Waals surface area contributed by atoms with E-state index in [9.17, 15) is 10.1 Å². The zero-order valence-corrected chi connectivity index (χ0v) is 11.7. The molecule has 108 valence electrons. The molecule has 21 heavy (non-hydrogen) atoms. The van der Waals surface area contributed by atoms with E-state index in [1.807, 2.05) is 24.5 Å². The van der Waals surface area contributed by atoms with Crippen molar-refractivity contribution in [2.45, 2.75) is 18.8 Å². The third-order valence-corrected chi connectivity index (χ3v) is 4.10. The second kappa shape index (κ2) is 5.91. The number of non-ortho nitro benzene ring substituents is 1. The van der Waals surface area contributed by atoms with Gasteiger partial charge in [-0.15, -0.1) is 0 Å². The molecule has 2 aromatic rings. The van der Waals surface area contributed by atoms with Gasteiger partial charge in [0.25, 0.3) is 5.69 Å². The molecule has 1 fully saturated rings. The van der Waals surface area contributed by atoms with E-state index in [0.29, 0.717) is 5.92 Å². The molecule has 0 unspecified atom stereocenters. The van der Waals surface area contributed by atoms with Crippen LogP contribution in [0.4, 0.5) is 11.4 Å². The number of nitro benzene ring substituents is 1. The van der Waals surface area contributed by atoms with Crippen LogP contribution < -0.4 is 4.90 Å². The molecule has 0 saturated carbocycles. The molecule has 3 rings (SSSR count). The molecule has 0 bridgehead atoms. The highest BCUT2D eigenvalue weighted by atomic mass is 16.6. The van der Waals surface area contributed by atoms with Crippen LogP contribution in [0.2, 0.25) is 0 Å². The zero-order chi connectivity index (χ0) is 14.7. The van der Waals surface area contributed by atoms with Crippen molar-refractivity contribution in [2.75, 3.05) is 18.0 Å². The van der Waals surface area contributed by atoms with Crippen LogP contribution in [0.25, 0.3) is 0 Å². The molecular weight excluding hydrogens is 266 g/mol. The van der Waals surface area contributed by atoms with Gasteiger partial charge in [0.15, 0.2) is 0 Å². The zero-order valence-electron chi connectivity index (χ0n) is 11.7. The van der Waals surface area contributed by atoms with Gasteiger partial charge >= 0.3 is 0 Å². The first kappa shape index (κ1) is 13.5. The number of nitrogens with zero attached hydrogens (tertiary/aromatic N) is 3. The average molecular weight is 283 g/mol. The first-order valence-electron chi connectivity index (χ1n) is 7.13. The van der Waals surface area contributed by atoms with Crippen LogP contribution in [0.3, 0.4) is 0 Å². The smallest absolute Gasteiger partial charge is 0.269 e. The third-order valence-electron chi connectivity index (χ3n) is 4.10. The molecule has 5 nitrogen and oxygen atoms in total. The minimum absolute atomic E-state index is 0.144. The highest BCUT2D eigenvalue weighted by Crippen LogP contribution is 2.30. The maximum atomic E-state index is 10.7. The topological polar surface area (TPSA) is 59.3 Å². The minimum Gasteiger partial charge on any atom is -0.371 e. The second-order valence-corrected chi connectivity index (χ2v) is 5.32. The molecule has 1 aliphatic heterocycles. The van der Waals surface area contributed by atoms with Crippen LogP contribution in [0.5, 0.6) is 0 Å². The van der Waals surface area contributed by atoms with Gasteiger partial charge in [0.2, 0.25) is 0 Å². The number of rotatable bonds is 3. The summed E-state index contributed by atoms with van der Waals surface area (Å²) in [4.78, 5) is 16.7. The Balaban J connectivity index is 1.64. The van der Waals surface area contributed by atoms with Gasteiger partial charge in [0.1, 0.15) is 0 Å². The van der Waals surface area contributed by atoms with Gasteiger partial charge in [0.05, 0.1) is 4.92 Å². The van der Waals surface area contributed by atoms with E-state index < -0.39 is 0 Å². The Morgan fingerprint density at radius 3 is 2.24 bits per heavy atom. The number of hydrogen-bond donors (Lipinski definition) is 0. The van der Waals surface area contributed by atoms with Gasteiger partial charge < -0.3 is 4.90 Å². The van der Waals surface area contributed by atoms with Crippen molar-refractivity contribution in [2.24, 2.45) is 0 Å². The first-order valence-corrected chi connectivity index (χ1v) is 7.13. The second-order valence-electron chi connectivity index (χ2n) is 5.32. The Labute approximate surface area is 123 Å². The Hall–Kier alpha value is -2.43. The van der Waals surface area contributed by atoms with Crippen molar-refractivity contribution in [3.8, 4) is 0 Å². The summed E-state index contributed by atoms with van der Waals surface area (Å²) < 4.78 is 0. The molecule has 1 saturated heterocycles. The Bertz CT molecular complexity index is 605. The summed E-state index contributed by atoms with van der Waals surface area (Å²) in [6.45, 7) is 1.95. The van der Waals surface area contributed by atoms with Crippen molar-refractivity contribution in [3.63, 3.8) is 0 Å². The SMILES string of the molecule is O=[N+]([O-])c1ccc(N2CCC(c3ccncc3)CC2)cc1. The number of anilines is 1. The van der Waals surface area contributed by atoms with Crippen LogP contribution in [0.15, 0.2) is 48.8 Å². The molecule has 2 heterocycles. The fourth-order valence-corrected chi connectivity index (χ4v) is 2.89. The van der Waals surface area contributed by atoms with Gasteiger partial charge in [-0.05, 0) is 48.6 Å². The Morgan fingerprint density at radius 2 is 1.67 bits per heavy atom. The lowest BCUT2D eigenvalue weighted by Gasteiger charge is -2.33. The summed E-state index contributed by atoms with van der Waals surface area (Å²) in [5.74, 6) is 0.585. The highest BCUT2D eigenvalue weighted by molar-refractivity contribution is 5.51. The standard InChI is InChI=1S/C16H17N3O2/c20-19(21)16-3-1-15(2-4-16)18-11-7-14(8-12-18)13-5-9-17-10-6-13/h1-6,9-10,14H,7-8,11-12H2. The Kier molecular flexibility index (Phi) is 3.81. The quantitative estimate of drug-likeness (QED) is 0.640. The predicted molar refractivity (Wildman–Crippen MR) is 81.5 cm³/mol. The molecule has 1 aliphatic rings. The van der Waals surface area contributed by atoms with Gasteiger partial charge in [-0.2, -0.15) is 0 Å². The molecular formula is C16H17N3O2. The van der Waals surface area contributed by atoms with Gasteiger partial charge in [-0.1, -0.05) is 0 Å². The lowest BCUT2D eigenvalue weighted by Crippen LogP contribution is -2.32. The average Bonchev–Trinajstić information content (AvgIpc) is 2.56. The van der Waals surface area contributed by atoms with E-state index in [1.165, 1.54) is 5.56 Å². The first-order chi connectivity index (χ1) is 10.2. The Morgan fingerprint density at radius 1 is 1.05 bits per heavy atom. The van der Waals surface area contributed by atoms with Gasteiger partial charge in [-0.3, -0.25) is 15.1 Å². The van der Waals surface area contributed by atoms with Crippen molar-refractivity contribution in [1.82, 2.24) is 4.98 Å². The van der Waals surface area contributed by atoms with Crippen LogP contribution >= 0.6 is 0 Å². The maximum absolute atomic E-state index is 10.7. The summed E-state index contributed by atoms with van der Waals surface area (Å²) in [6, 6.07) is 11.0. The molecule has 0 radical (unpaired) electrons. The summed E-state index contributed by atoms with van der Waals surface area (Å²) in [5, 5.41) is 10.7. The largest absolute Gasteiger partial charge is 0.371 e. The van der Waals surface area contributed by atoms with E-state index in [1.54, 1.807) is 12.1 Å². The van der Waals surface area contributed by atoms with Crippen LogP contribution in [-0.2, 0) is 0 Å². The van der Waals surface area contributed by atoms with Gasteiger partial charge in [0, 0.05) is 43.3 Å². The van der Waals surface area contributed by atoms with E-state index in [4.69, 9.17) is 0 Å². The van der Waals surface area contributed by atoms with E-state index >= 15 is 0 Å². The normalized spacial score (nSPS) is 15.9. The lowest BCUT2D eigenvalue weighted by atomic mass is 9.90. The molecule has 5 heteroatoms. The molecule has 0 aliphatic carbocycles. The van der Waals surface area contributed by atoms with E-state index in [0.717, 1.165) is 31.6 Å². The van der Waals surface area contributed by atoms with Crippen molar-refractivity contribution < 1.29 is 4.92 Å². The number of hydrogen-bond acceptors (Lipinski definition) is 4. The molecule has 0 atom stereocenters. The van der Waals surface area contributed by atoms with Crippen molar-refractivity contribution >= 4 is 11.4 Å². The molecule has 0 amide bonds. The van der Waals surface area contributed by atoms with Crippen molar-refractivity contribution in [1.29, 1.82) is 0 Å². The molecule has 0 spiro atoms. The van der Waals surface area contributed by atoms with Crippen LogP contribution in [0, 0.1) is 10.1 Å². The molecule has 1 aromatic heterocycles. The molecule has 0 N–H and O–H groups in total. The fraction of sp³-hybridized carbons (Fsp3) is 0.312. The summed E-state index contributed by atoms with van der Waals surface area (Å²) >= 11 is 0. The predicted octanol–water partition coefficient (Wildman–Crippen LogP) is 3.37. The number of piperidine rings is 1. The third kappa shape index (κ3) is 3.02. The van der Waals surface area contributed by atoms with E-state index in [-0.39, 0.29) is 10.6 Å². The van der Waals surface area contributed by atoms with E-state index in [2.05, 4.69) is 22.0 Å². The summed E-state index contributed by atoms with van der Waals surface area (Å²) in [7, 11) is 0. The molecule has 1 aromatic carbocycles. The van der Waals surface area contributed by atoms with Crippen LogP contribution in [0.1, 0.15) is 24.3 Å². The van der Waals surface area contributed by atoms with Crippen LogP contribution in [-0.4, -0.2) is 23.0 Å². The minimum atomic E-state index is -0.362. The number of pyridine rings is 1.